The quantitative estimate of drug-likeness (QED) is 0.553. The third-order valence-corrected chi connectivity index (χ3v) is 7.00. The van der Waals surface area contributed by atoms with Crippen molar-refractivity contribution in [3.05, 3.63) is 94.3 Å². The SMILES string of the molecule is Cc1ccc(S(=O)(=O)N(CC(=O)Nc2c(C)cc(C)cc2C)Cc2ccc(F)cc2)cc1. The van der Waals surface area contributed by atoms with E-state index < -0.39 is 21.7 Å². The van der Waals surface area contributed by atoms with Gasteiger partial charge in [-0.3, -0.25) is 4.79 Å². The summed E-state index contributed by atoms with van der Waals surface area (Å²) in [5.41, 5.74) is 5.08. The van der Waals surface area contributed by atoms with Crippen LogP contribution in [0.3, 0.4) is 0 Å². The van der Waals surface area contributed by atoms with Crippen LogP contribution in [0.5, 0.6) is 0 Å². The minimum Gasteiger partial charge on any atom is -0.324 e. The first-order valence-corrected chi connectivity index (χ1v) is 11.7. The molecule has 0 aliphatic rings. The van der Waals surface area contributed by atoms with E-state index in [2.05, 4.69) is 5.32 Å². The zero-order valence-corrected chi connectivity index (χ0v) is 19.5. The molecule has 0 aliphatic carbocycles. The van der Waals surface area contributed by atoms with Crippen LogP contribution in [0.2, 0.25) is 0 Å². The highest BCUT2D eigenvalue weighted by Gasteiger charge is 2.27. The maximum Gasteiger partial charge on any atom is 0.243 e. The Kier molecular flexibility index (Phi) is 7.11. The molecule has 0 fully saturated rings. The number of carbonyl (C=O) groups is 1. The van der Waals surface area contributed by atoms with Crippen LogP contribution in [0.1, 0.15) is 27.8 Å². The first-order chi connectivity index (χ1) is 15.1. The van der Waals surface area contributed by atoms with E-state index in [0.717, 1.165) is 26.6 Å². The van der Waals surface area contributed by atoms with Gasteiger partial charge in [-0.15, -0.1) is 0 Å². The predicted molar refractivity (Wildman–Crippen MR) is 124 cm³/mol. The highest BCUT2D eigenvalue weighted by atomic mass is 32.2. The molecule has 5 nitrogen and oxygen atoms in total. The van der Waals surface area contributed by atoms with Crippen molar-refractivity contribution >= 4 is 21.6 Å². The summed E-state index contributed by atoms with van der Waals surface area (Å²) in [5.74, 6) is -0.859. The summed E-state index contributed by atoms with van der Waals surface area (Å²) in [6.07, 6.45) is 0. The molecule has 168 valence electrons. The molecule has 0 aliphatic heterocycles. The van der Waals surface area contributed by atoms with Gasteiger partial charge in [0, 0.05) is 12.2 Å². The molecule has 0 aromatic heterocycles. The number of amides is 1. The largest absolute Gasteiger partial charge is 0.324 e. The Morgan fingerprint density at radius 1 is 0.875 bits per heavy atom. The van der Waals surface area contributed by atoms with Crippen LogP contribution in [0.25, 0.3) is 0 Å². The van der Waals surface area contributed by atoms with Crippen LogP contribution < -0.4 is 5.32 Å². The molecule has 7 heteroatoms. The number of anilines is 1. The number of sulfonamides is 1. The number of carbonyl (C=O) groups excluding carboxylic acids is 1. The first-order valence-electron chi connectivity index (χ1n) is 10.3. The van der Waals surface area contributed by atoms with Crippen LogP contribution in [-0.4, -0.2) is 25.2 Å². The number of hydrogen-bond donors (Lipinski definition) is 1. The molecule has 1 amide bonds. The van der Waals surface area contributed by atoms with Gasteiger partial charge in [0.25, 0.3) is 0 Å². The molecule has 0 saturated carbocycles. The van der Waals surface area contributed by atoms with Gasteiger partial charge in [-0.25, -0.2) is 12.8 Å². The Bertz CT molecular complexity index is 1200. The predicted octanol–water partition coefficient (Wildman–Crippen LogP) is 4.89. The van der Waals surface area contributed by atoms with E-state index in [4.69, 9.17) is 0 Å². The third-order valence-electron chi connectivity index (χ3n) is 5.19. The minimum absolute atomic E-state index is 0.0598. The fourth-order valence-electron chi connectivity index (χ4n) is 3.59. The molecule has 32 heavy (non-hydrogen) atoms. The topological polar surface area (TPSA) is 66.5 Å². The molecule has 0 heterocycles. The van der Waals surface area contributed by atoms with E-state index in [9.17, 15) is 17.6 Å². The van der Waals surface area contributed by atoms with Crippen LogP contribution in [0.15, 0.2) is 65.6 Å². The van der Waals surface area contributed by atoms with Crippen molar-refractivity contribution in [1.29, 1.82) is 0 Å². The normalized spacial score (nSPS) is 11.6. The fraction of sp³-hybridized carbons (Fsp3) is 0.240. The highest BCUT2D eigenvalue weighted by Crippen LogP contribution is 2.23. The smallest absolute Gasteiger partial charge is 0.243 e. The van der Waals surface area contributed by atoms with Crippen molar-refractivity contribution in [2.45, 2.75) is 39.1 Å². The number of hydrogen-bond acceptors (Lipinski definition) is 3. The van der Waals surface area contributed by atoms with Crippen molar-refractivity contribution in [3.63, 3.8) is 0 Å². The summed E-state index contributed by atoms with van der Waals surface area (Å²) >= 11 is 0. The van der Waals surface area contributed by atoms with Gasteiger partial charge in [-0.2, -0.15) is 4.31 Å². The molecule has 1 N–H and O–H groups in total. The summed E-state index contributed by atoms with van der Waals surface area (Å²) in [4.78, 5) is 13.0. The second-order valence-electron chi connectivity index (χ2n) is 8.03. The number of benzene rings is 3. The number of nitrogens with one attached hydrogen (secondary N) is 1. The van der Waals surface area contributed by atoms with Gasteiger partial charge < -0.3 is 5.32 Å². The zero-order valence-electron chi connectivity index (χ0n) is 18.6. The first kappa shape index (κ1) is 23.6. The average molecular weight is 455 g/mol. The Morgan fingerprint density at radius 3 is 2.00 bits per heavy atom. The van der Waals surface area contributed by atoms with Crippen LogP contribution in [0, 0.1) is 33.5 Å². The third kappa shape index (κ3) is 5.60. The lowest BCUT2D eigenvalue weighted by molar-refractivity contribution is -0.116. The lowest BCUT2D eigenvalue weighted by Crippen LogP contribution is -2.37. The Labute approximate surface area is 188 Å². The molecule has 0 spiro atoms. The van der Waals surface area contributed by atoms with E-state index >= 15 is 0 Å². The molecule has 0 radical (unpaired) electrons. The van der Waals surface area contributed by atoms with Crippen molar-refractivity contribution in [3.8, 4) is 0 Å². The maximum atomic E-state index is 13.4. The molecule has 0 saturated heterocycles. The second-order valence-corrected chi connectivity index (χ2v) is 9.97. The molecular weight excluding hydrogens is 427 g/mol. The second kappa shape index (κ2) is 9.63. The summed E-state index contributed by atoms with van der Waals surface area (Å²) in [6.45, 7) is 7.20. The number of nitrogens with zero attached hydrogens (tertiary/aromatic N) is 1. The molecule has 3 rings (SSSR count). The van der Waals surface area contributed by atoms with Crippen molar-refractivity contribution in [2.75, 3.05) is 11.9 Å². The standard InChI is InChI=1S/C25H27FN2O3S/c1-17-5-11-23(12-6-17)32(30,31)28(15-21-7-9-22(26)10-8-21)16-24(29)27-25-19(3)13-18(2)14-20(25)4/h5-14H,15-16H2,1-4H3,(H,27,29). The van der Waals surface area contributed by atoms with Crippen LogP contribution >= 0.6 is 0 Å². The minimum atomic E-state index is -3.96. The number of halogens is 1. The van der Waals surface area contributed by atoms with Gasteiger partial charge in [0.05, 0.1) is 11.4 Å². The molecule has 0 bridgehead atoms. The van der Waals surface area contributed by atoms with Crippen molar-refractivity contribution in [1.82, 2.24) is 4.31 Å². The van der Waals surface area contributed by atoms with E-state index in [0.29, 0.717) is 11.3 Å². The van der Waals surface area contributed by atoms with Crippen molar-refractivity contribution < 1.29 is 17.6 Å². The summed E-state index contributed by atoms with van der Waals surface area (Å²) in [5, 5.41) is 2.86. The molecule has 0 unspecified atom stereocenters. The summed E-state index contributed by atoms with van der Waals surface area (Å²) in [7, 11) is -3.96. The monoisotopic (exact) mass is 454 g/mol. The maximum absolute atomic E-state index is 13.4. The average Bonchev–Trinajstić information content (AvgIpc) is 2.72. The van der Waals surface area contributed by atoms with Gasteiger partial charge >= 0.3 is 0 Å². The number of rotatable bonds is 7. The molecular formula is C25H27FN2O3S. The summed E-state index contributed by atoms with van der Waals surface area (Å²) < 4.78 is 41.1. The van der Waals surface area contributed by atoms with E-state index in [1.165, 1.54) is 36.4 Å². The lowest BCUT2D eigenvalue weighted by atomic mass is 10.1. The number of aryl methyl sites for hydroxylation is 4. The Hall–Kier alpha value is -3.03. The molecule has 0 atom stereocenters. The van der Waals surface area contributed by atoms with Gasteiger partial charge in [0.1, 0.15) is 5.82 Å². The van der Waals surface area contributed by atoms with Gasteiger partial charge in [-0.1, -0.05) is 47.5 Å². The Morgan fingerprint density at radius 2 is 1.44 bits per heavy atom. The van der Waals surface area contributed by atoms with Crippen LogP contribution in [0.4, 0.5) is 10.1 Å². The highest BCUT2D eigenvalue weighted by molar-refractivity contribution is 7.89. The van der Waals surface area contributed by atoms with Gasteiger partial charge in [0.15, 0.2) is 0 Å². The molecule has 3 aromatic rings. The fourth-order valence-corrected chi connectivity index (χ4v) is 4.98. The van der Waals surface area contributed by atoms with E-state index in [1.54, 1.807) is 12.1 Å². The lowest BCUT2D eigenvalue weighted by Gasteiger charge is -2.23. The van der Waals surface area contributed by atoms with E-state index in [1.807, 2.05) is 39.8 Å². The van der Waals surface area contributed by atoms with Gasteiger partial charge in [0.2, 0.25) is 15.9 Å². The van der Waals surface area contributed by atoms with Crippen molar-refractivity contribution in [2.24, 2.45) is 0 Å². The zero-order chi connectivity index (χ0) is 23.5. The van der Waals surface area contributed by atoms with Crippen LogP contribution in [-0.2, 0) is 21.4 Å². The molecule has 3 aromatic carbocycles. The van der Waals surface area contributed by atoms with E-state index in [-0.39, 0.29) is 18.0 Å². The summed E-state index contributed by atoms with van der Waals surface area (Å²) in [6, 6.07) is 15.9. The Balaban J connectivity index is 1.90. The van der Waals surface area contributed by atoms with Gasteiger partial charge in [-0.05, 0) is 68.7 Å².